The molecule has 2 amide bonds. The first-order valence-electron chi connectivity index (χ1n) is 7.85. The quantitative estimate of drug-likeness (QED) is 0.859. The van der Waals surface area contributed by atoms with Crippen LogP contribution >= 0.6 is 0 Å². The van der Waals surface area contributed by atoms with Crippen LogP contribution < -0.4 is 4.90 Å². The summed E-state index contributed by atoms with van der Waals surface area (Å²) in [4.78, 5) is 28.3. The zero-order valence-corrected chi connectivity index (χ0v) is 12.7. The predicted molar refractivity (Wildman–Crippen MR) is 84.7 cm³/mol. The Hall–Kier alpha value is -2.63. The SMILES string of the molecule is O=C(C1CC(=O)N(c2ccccc2)C1)N1CC(n2cccn2)C1. The lowest BCUT2D eigenvalue weighted by Gasteiger charge is -2.40. The van der Waals surface area contributed by atoms with Gasteiger partial charge < -0.3 is 9.80 Å². The van der Waals surface area contributed by atoms with Crippen molar-refractivity contribution >= 4 is 17.5 Å². The minimum absolute atomic E-state index is 0.0266. The number of nitrogens with zero attached hydrogens (tertiary/aromatic N) is 4. The Kier molecular flexibility index (Phi) is 3.37. The highest BCUT2D eigenvalue weighted by Gasteiger charge is 2.41. The average molecular weight is 310 g/mol. The van der Waals surface area contributed by atoms with Gasteiger partial charge in [0.1, 0.15) is 0 Å². The summed E-state index contributed by atoms with van der Waals surface area (Å²) in [6.07, 6.45) is 3.97. The summed E-state index contributed by atoms with van der Waals surface area (Å²) in [6.45, 7) is 1.83. The van der Waals surface area contributed by atoms with Gasteiger partial charge in [0, 0.05) is 44.1 Å². The third-order valence-electron chi connectivity index (χ3n) is 4.62. The highest BCUT2D eigenvalue weighted by molar-refractivity contribution is 6.00. The van der Waals surface area contributed by atoms with Gasteiger partial charge in [-0.1, -0.05) is 18.2 Å². The zero-order chi connectivity index (χ0) is 15.8. The van der Waals surface area contributed by atoms with Gasteiger partial charge in [0.05, 0.1) is 12.0 Å². The molecule has 4 rings (SSSR count). The number of aromatic nitrogens is 2. The maximum Gasteiger partial charge on any atom is 0.228 e. The van der Waals surface area contributed by atoms with Crippen molar-refractivity contribution in [3.05, 3.63) is 48.8 Å². The number of hydrogen-bond acceptors (Lipinski definition) is 3. The molecule has 2 saturated heterocycles. The Morgan fingerprint density at radius 3 is 2.57 bits per heavy atom. The highest BCUT2D eigenvalue weighted by Crippen LogP contribution is 2.29. The molecule has 1 aromatic heterocycles. The molecule has 118 valence electrons. The molecule has 23 heavy (non-hydrogen) atoms. The second-order valence-electron chi connectivity index (χ2n) is 6.12. The number of carbonyl (C=O) groups excluding carboxylic acids is 2. The molecule has 0 N–H and O–H groups in total. The Bertz CT molecular complexity index is 707. The van der Waals surface area contributed by atoms with Crippen LogP contribution in [-0.2, 0) is 9.59 Å². The van der Waals surface area contributed by atoms with E-state index in [0.29, 0.717) is 26.1 Å². The van der Waals surface area contributed by atoms with Crippen molar-refractivity contribution in [1.29, 1.82) is 0 Å². The van der Waals surface area contributed by atoms with Crippen LogP contribution in [0.25, 0.3) is 0 Å². The molecule has 3 heterocycles. The number of para-hydroxylation sites is 1. The van der Waals surface area contributed by atoms with Crippen LogP contribution in [0, 0.1) is 5.92 Å². The molecule has 1 atom stereocenters. The fourth-order valence-electron chi connectivity index (χ4n) is 3.29. The number of amides is 2. The number of likely N-dealkylation sites (tertiary alicyclic amines) is 1. The number of carbonyl (C=O) groups is 2. The van der Waals surface area contributed by atoms with Crippen LogP contribution in [0.4, 0.5) is 5.69 Å². The standard InChI is InChI=1S/C17H18N4O2/c22-16-9-13(10-20(16)14-5-2-1-3-6-14)17(23)19-11-15(12-19)21-8-4-7-18-21/h1-8,13,15H,9-12H2. The Morgan fingerprint density at radius 2 is 1.87 bits per heavy atom. The van der Waals surface area contributed by atoms with E-state index in [9.17, 15) is 9.59 Å². The van der Waals surface area contributed by atoms with Gasteiger partial charge >= 0.3 is 0 Å². The van der Waals surface area contributed by atoms with Crippen LogP contribution in [0.5, 0.6) is 0 Å². The van der Waals surface area contributed by atoms with Gasteiger partial charge in [-0.25, -0.2) is 0 Å². The second kappa shape index (κ2) is 5.53. The molecule has 6 nitrogen and oxygen atoms in total. The largest absolute Gasteiger partial charge is 0.338 e. The molecule has 0 aliphatic carbocycles. The van der Waals surface area contributed by atoms with Crippen LogP contribution in [0.15, 0.2) is 48.8 Å². The molecule has 0 saturated carbocycles. The van der Waals surface area contributed by atoms with E-state index in [4.69, 9.17) is 0 Å². The number of benzene rings is 1. The Balaban J connectivity index is 1.38. The molecular weight excluding hydrogens is 292 g/mol. The maximum absolute atomic E-state index is 12.6. The maximum atomic E-state index is 12.6. The Labute approximate surface area is 134 Å². The predicted octanol–water partition coefficient (Wildman–Crippen LogP) is 1.32. The van der Waals surface area contributed by atoms with E-state index in [0.717, 1.165) is 5.69 Å². The summed E-state index contributed by atoms with van der Waals surface area (Å²) in [6, 6.07) is 11.7. The van der Waals surface area contributed by atoms with E-state index >= 15 is 0 Å². The van der Waals surface area contributed by atoms with E-state index in [1.54, 1.807) is 11.1 Å². The van der Waals surface area contributed by atoms with Gasteiger partial charge in [-0.3, -0.25) is 14.3 Å². The number of anilines is 1. The van der Waals surface area contributed by atoms with Gasteiger partial charge in [-0.2, -0.15) is 5.10 Å². The molecule has 2 aromatic rings. The van der Waals surface area contributed by atoms with Gasteiger partial charge in [-0.15, -0.1) is 0 Å². The van der Waals surface area contributed by atoms with E-state index in [2.05, 4.69) is 5.10 Å². The molecule has 1 unspecified atom stereocenters. The van der Waals surface area contributed by atoms with Crippen LogP contribution in [0.2, 0.25) is 0 Å². The normalized spacial score (nSPS) is 21.6. The lowest BCUT2D eigenvalue weighted by Crippen LogP contribution is -2.53. The van der Waals surface area contributed by atoms with Crippen LogP contribution in [-0.4, -0.2) is 46.1 Å². The van der Waals surface area contributed by atoms with Gasteiger partial charge in [0.25, 0.3) is 0 Å². The monoisotopic (exact) mass is 310 g/mol. The molecule has 0 bridgehead atoms. The first-order valence-corrected chi connectivity index (χ1v) is 7.85. The van der Waals surface area contributed by atoms with Crippen molar-refractivity contribution in [1.82, 2.24) is 14.7 Å². The minimum atomic E-state index is -0.235. The van der Waals surface area contributed by atoms with Gasteiger partial charge in [-0.05, 0) is 18.2 Å². The lowest BCUT2D eigenvalue weighted by atomic mass is 10.0. The number of rotatable bonds is 3. The molecule has 2 aliphatic heterocycles. The molecule has 1 aromatic carbocycles. The third kappa shape index (κ3) is 2.50. The van der Waals surface area contributed by atoms with Crippen molar-refractivity contribution in [3.8, 4) is 0 Å². The van der Waals surface area contributed by atoms with E-state index in [1.165, 1.54) is 0 Å². The van der Waals surface area contributed by atoms with Gasteiger partial charge in [0.2, 0.25) is 11.8 Å². The summed E-state index contributed by atoms with van der Waals surface area (Å²) in [7, 11) is 0. The molecule has 2 aliphatic rings. The van der Waals surface area contributed by atoms with Crippen LogP contribution in [0.1, 0.15) is 12.5 Å². The summed E-state index contributed by atoms with van der Waals surface area (Å²) in [5.41, 5.74) is 0.867. The second-order valence-corrected chi connectivity index (χ2v) is 6.12. The minimum Gasteiger partial charge on any atom is -0.338 e. The first-order chi connectivity index (χ1) is 11.2. The first kappa shape index (κ1) is 14.0. The smallest absolute Gasteiger partial charge is 0.228 e. The molecule has 6 heteroatoms. The van der Waals surface area contributed by atoms with E-state index in [-0.39, 0.29) is 23.8 Å². The fraction of sp³-hybridized carbons (Fsp3) is 0.353. The molecular formula is C17H18N4O2. The summed E-state index contributed by atoms with van der Waals surface area (Å²) in [5.74, 6) is -0.125. The van der Waals surface area contributed by atoms with Crippen molar-refractivity contribution in [2.45, 2.75) is 12.5 Å². The van der Waals surface area contributed by atoms with Crippen LogP contribution in [0.3, 0.4) is 0 Å². The lowest BCUT2D eigenvalue weighted by molar-refractivity contribution is -0.141. The number of hydrogen-bond donors (Lipinski definition) is 0. The van der Waals surface area contributed by atoms with E-state index in [1.807, 2.05) is 52.2 Å². The van der Waals surface area contributed by atoms with Crippen molar-refractivity contribution in [2.24, 2.45) is 5.92 Å². The molecule has 2 fully saturated rings. The van der Waals surface area contributed by atoms with Crippen molar-refractivity contribution < 1.29 is 9.59 Å². The summed E-state index contributed by atoms with van der Waals surface area (Å²) < 4.78 is 1.89. The van der Waals surface area contributed by atoms with Crippen molar-refractivity contribution in [2.75, 3.05) is 24.5 Å². The summed E-state index contributed by atoms with van der Waals surface area (Å²) in [5, 5.41) is 4.21. The van der Waals surface area contributed by atoms with Gasteiger partial charge in [0.15, 0.2) is 0 Å². The zero-order valence-electron chi connectivity index (χ0n) is 12.7. The Morgan fingerprint density at radius 1 is 1.09 bits per heavy atom. The van der Waals surface area contributed by atoms with Crippen molar-refractivity contribution in [3.63, 3.8) is 0 Å². The molecule has 0 radical (unpaired) electrons. The fourth-order valence-corrected chi connectivity index (χ4v) is 3.29. The molecule has 0 spiro atoms. The average Bonchev–Trinajstić information content (AvgIpc) is 3.16. The van der Waals surface area contributed by atoms with E-state index < -0.39 is 0 Å². The third-order valence-corrected chi connectivity index (χ3v) is 4.62. The topological polar surface area (TPSA) is 58.4 Å². The summed E-state index contributed by atoms with van der Waals surface area (Å²) >= 11 is 0. The highest BCUT2D eigenvalue weighted by atomic mass is 16.2.